The second-order valence-corrected chi connectivity index (χ2v) is 9.13. The molecule has 0 spiro atoms. The molecule has 10 nitrogen and oxygen atoms in total. The van der Waals surface area contributed by atoms with E-state index in [1.165, 1.54) is 54.3 Å². The first-order valence-electron chi connectivity index (χ1n) is 9.28. The van der Waals surface area contributed by atoms with Crippen molar-refractivity contribution in [3.8, 4) is 5.75 Å². The van der Waals surface area contributed by atoms with Gasteiger partial charge in [-0.2, -0.15) is 5.10 Å². The predicted molar refractivity (Wildman–Crippen MR) is 117 cm³/mol. The van der Waals surface area contributed by atoms with Gasteiger partial charge >= 0.3 is 5.69 Å². The molecule has 0 fully saturated rings. The number of sulfone groups is 1. The highest BCUT2D eigenvalue weighted by Gasteiger charge is 2.21. The topological polar surface area (TPSA) is 133 Å². The van der Waals surface area contributed by atoms with Crippen molar-refractivity contribution in [3.63, 3.8) is 0 Å². The van der Waals surface area contributed by atoms with Crippen LogP contribution in [0.15, 0.2) is 58.5 Å². The molecule has 0 aliphatic carbocycles. The molecule has 0 saturated carbocycles. The Kier molecular flexibility index (Phi) is 6.80. The number of ether oxygens (including phenoxy) is 1. The summed E-state index contributed by atoms with van der Waals surface area (Å²) in [6, 6.07) is 9.89. The molecule has 3 aromatic rings. The van der Waals surface area contributed by atoms with Crippen molar-refractivity contribution in [1.29, 1.82) is 0 Å². The number of benzene rings is 2. The Morgan fingerprint density at radius 1 is 1.22 bits per heavy atom. The highest BCUT2D eigenvalue weighted by atomic mass is 35.5. The van der Waals surface area contributed by atoms with Crippen molar-refractivity contribution in [2.24, 2.45) is 0 Å². The summed E-state index contributed by atoms with van der Waals surface area (Å²) >= 11 is 5.84. The van der Waals surface area contributed by atoms with Gasteiger partial charge in [-0.15, -0.1) is 0 Å². The van der Waals surface area contributed by atoms with Gasteiger partial charge in [0.05, 0.1) is 28.4 Å². The van der Waals surface area contributed by atoms with Crippen LogP contribution in [0.4, 0.5) is 11.4 Å². The Morgan fingerprint density at radius 2 is 1.91 bits per heavy atom. The zero-order chi connectivity index (χ0) is 23.5. The second kappa shape index (κ2) is 9.37. The molecule has 2 aromatic carbocycles. The molecule has 0 unspecified atom stereocenters. The van der Waals surface area contributed by atoms with Crippen LogP contribution in [0.2, 0.25) is 5.02 Å². The third-order valence-electron chi connectivity index (χ3n) is 4.66. The SMILES string of the molecule is COc1cc(NC(=O)CCn2ncc([N+](=O)[O-])c2C)cc(S(=O)(=O)c2ccc(Cl)cc2)c1. The molecule has 0 aliphatic heterocycles. The number of carbonyl (C=O) groups excluding carboxylic acids is 1. The molecule has 0 bridgehead atoms. The largest absolute Gasteiger partial charge is 0.497 e. The van der Waals surface area contributed by atoms with Gasteiger partial charge in [-0.05, 0) is 43.3 Å². The normalized spacial score (nSPS) is 11.2. The lowest BCUT2D eigenvalue weighted by molar-refractivity contribution is -0.385. The van der Waals surface area contributed by atoms with Crippen LogP contribution in [-0.2, 0) is 21.2 Å². The van der Waals surface area contributed by atoms with Crippen LogP contribution in [-0.4, -0.2) is 36.1 Å². The zero-order valence-electron chi connectivity index (χ0n) is 17.1. The van der Waals surface area contributed by atoms with E-state index in [1.54, 1.807) is 6.92 Å². The maximum absolute atomic E-state index is 13.0. The number of halogens is 1. The molecule has 1 heterocycles. The molecule has 1 amide bonds. The summed E-state index contributed by atoms with van der Waals surface area (Å²) in [7, 11) is -2.50. The zero-order valence-corrected chi connectivity index (χ0v) is 18.7. The standard InChI is InChI=1S/C20H19ClN4O6S/c1-13-19(25(27)28)12-22-24(13)8-7-20(26)23-15-9-16(31-2)11-18(10-15)32(29,30)17-5-3-14(21)4-6-17/h3-6,9-12H,7-8H2,1-2H3,(H,23,26). The van der Waals surface area contributed by atoms with E-state index in [1.807, 2.05) is 0 Å². The number of hydrogen-bond donors (Lipinski definition) is 1. The number of methoxy groups -OCH3 is 1. The van der Waals surface area contributed by atoms with Gasteiger partial charge in [-0.3, -0.25) is 19.6 Å². The molecule has 1 N–H and O–H groups in total. The minimum absolute atomic E-state index is 0.0316. The minimum atomic E-state index is -3.88. The Hall–Kier alpha value is -3.44. The average Bonchev–Trinajstić information content (AvgIpc) is 3.13. The van der Waals surface area contributed by atoms with Crippen molar-refractivity contribution in [2.45, 2.75) is 29.7 Å². The van der Waals surface area contributed by atoms with Crippen molar-refractivity contribution < 1.29 is 22.9 Å². The molecule has 0 radical (unpaired) electrons. The van der Waals surface area contributed by atoms with E-state index in [0.29, 0.717) is 10.7 Å². The molecule has 3 rings (SSSR count). The lowest BCUT2D eigenvalue weighted by atomic mass is 10.3. The lowest BCUT2D eigenvalue weighted by Gasteiger charge is -2.12. The monoisotopic (exact) mass is 478 g/mol. The van der Waals surface area contributed by atoms with Crippen LogP contribution in [0.5, 0.6) is 5.75 Å². The van der Waals surface area contributed by atoms with Crippen LogP contribution in [0.1, 0.15) is 12.1 Å². The number of carbonyl (C=O) groups is 1. The number of nitro groups is 1. The molecule has 168 valence electrons. The number of aryl methyl sites for hydroxylation is 1. The number of amides is 1. The third kappa shape index (κ3) is 5.06. The molecule has 32 heavy (non-hydrogen) atoms. The van der Waals surface area contributed by atoms with Crippen molar-refractivity contribution in [2.75, 3.05) is 12.4 Å². The summed E-state index contributed by atoms with van der Waals surface area (Å²) in [4.78, 5) is 22.8. The van der Waals surface area contributed by atoms with Gasteiger partial charge in [-0.25, -0.2) is 8.42 Å². The predicted octanol–water partition coefficient (Wildman–Crippen LogP) is 3.62. The molecule has 0 saturated heterocycles. The summed E-state index contributed by atoms with van der Waals surface area (Å²) < 4.78 is 32.5. The fourth-order valence-electron chi connectivity index (χ4n) is 2.94. The quantitative estimate of drug-likeness (QED) is 0.386. The van der Waals surface area contributed by atoms with E-state index in [0.717, 1.165) is 6.20 Å². The van der Waals surface area contributed by atoms with Gasteiger partial charge in [0, 0.05) is 23.2 Å². The molecule has 0 aliphatic rings. The highest BCUT2D eigenvalue weighted by molar-refractivity contribution is 7.91. The lowest BCUT2D eigenvalue weighted by Crippen LogP contribution is -2.16. The number of aromatic nitrogens is 2. The summed E-state index contributed by atoms with van der Waals surface area (Å²) in [5, 5.41) is 17.9. The van der Waals surface area contributed by atoms with Crippen molar-refractivity contribution in [1.82, 2.24) is 9.78 Å². The highest BCUT2D eigenvalue weighted by Crippen LogP contribution is 2.29. The fraction of sp³-hybridized carbons (Fsp3) is 0.200. The van der Waals surface area contributed by atoms with E-state index in [9.17, 15) is 23.3 Å². The Bertz CT molecular complexity index is 1270. The third-order valence-corrected chi connectivity index (χ3v) is 6.66. The summed E-state index contributed by atoms with van der Waals surface area (Å²) in [5.41, 5.74) is 0.431. The number of anilines is 1. The second-order valence-electron chi connectivity index (χ2n) is 6.75. The Labute approximate surface area is 188 Å². The van der Waals surface area contributed by atoms with E-state index in [4.69, 9.17) is 16.3 Å². The first kappa shape index (κ1) is 23.2. The van der Waals surface area contributed by atoms with Crippen LogP contribution in [0.25, 0.3) is 0 Å². The van der Waals surface area contributed by atoms with Crippen LogP contribution < -0.4 is 10.1 Å². The minimum Gasteiger partial charge on any atom is -0.497 e. The van der Waals surface area contributed by atoms with E-state index in [-0.39, 0.29) is 39.9 Å². The number of hydrogen-bond acceptors (Lipinski definition) is 7. The molecule has 1 aromatic heterocycles. The van der Waals surface area contributed by atoms with Gasteiger partial charge in [-0.1, -0.05) is 11.6 Å². The van der Waals surface area contributed by atoms with Gasteiger partial charge in [0.1, 0.15) is 17.6 Å². The molecular formula is C20H19ClN4O6S. The van der Waals surface area contributed by atoms with E-state index in [2.05, 4.69) is 10.4 Å². The molecule has 0 atom stereocenters. The first-order valence-corrected chi connectivity index (χ1v) is 11.1. The molecule has 12 heteroatoms. The fourth-order valence-corrected chi connectivity index (χ4v) is 4.38. The maximum Gasteiger partial charge on any atom is 0.309 e. The van der Waals surface area contributed by atoms with Gasteiger partial charge in [0.15, 0.2) is 0 Å². The van der Waals surface area contributed by atoms with Crippen molar-refractivity contribution in [3.05, 3.63) is 69.5 Å². The maximum atomic E-state index is 13.0. The van der Waals surface area contributed by atoms with Crippen LogP contribution in [0.3, 0.4) is 0 Å². The Morgan fingerprint density at radius 3 is 2.50 bits per heavy atom. The summed E-state index contributed by atoms with van der Waals surface area (Å²) in [6.45, 7) is 1.66. The van der Waals surface area contributed by atoms with Crippen LogP contribution >= 0.6 is 11.6 Å². The van der Waals surface area contributed by atoms with Gasteiger partial charge in [0.25, 0.3) is 0 Å². The summed E-state index contributed by atoms with van der Waals surface area (Å²) in [6.07, 6.45) is 1.10. The Balaban J connectivity index is 1.79. The van der Waals surface area contributed by atoms with E-state index >= 15 is 0 Å². The van der Waals surface area contributed by atoms with Gasteiger partial charge in [0.2, 0.25) is 15.7 Å². The number of nitrogens with zero attached hydrogens (tertiary/aromatic N) is 3. The summed E-state index contributed by atoms with van der Waals surface area (Å²) in [5.74, 6) is -0.181. The van der Waals surface area contributed by atoms with Crippen LogP contribution in [0, 0.1) is 17.0 Å². The van der Waals surface area contributed by atoms with E-state index < -0.39 is 20.7 Å². The number of nitrogens with one attached hydrogen (secondary N) is 1. The smallest absolute Gasteiger partial charge is 0.309 e. The molecular weight excluding hydrogens is 460 g/mol. The average molecular weight is 479 g/mol. The van der Waals surface area contributed by atoms with Crippen molar-refractivity contribution >= 4 is 38.7 Å². The number of rotatable bonds is 8. The van der Waals surface area contributed by atoms with Gasteiger partial charge < -0.3 is 10.1 Å². The first-order chi connectivity index (χ1) is 15.1.